The van der Waals surface area contributed by atoms with Crippen LogP contribution in [0.5, 0.6) is 0 Å². The molecule has 1 saturated heterocycles. The van der Waals surface area contributed by atoms with E-state index in [1.807, 2.05) is 23.1 Å². The summed E-state index contributed by atoms with van der Waals surface area (Å²) < 4.78 is 7.80. The molecule has 1 aliphatic carbocycles. The lowest BCUT2D eigenvalue weighted by Crippen LogP contribution is -2.65. The molecule has 1 aliphatic heterocycles. The Morgan fingerprint density at radius 2 is 2.39 bits per heavy atom. The fourth-order valence-corrected chi connectivity index (χ4v) is 3.67. The van der Waals surface area contributed by atoms with Crippen LogP contribution in [0.1, 0.15) is 26.7 Å². The highest BCUT2D eigenvalue weighted by Crippen LogP contribution is 2.51. The maximum Gasteiger partial charge on any atom is 0.0685 e. The Morgan fingerprint density at radius 1 is 1.50 bits per heavy atom. The molecule has 3 rings (SSSR count). The number of fused-ring (bicyclic) bond motifs is 1. The molecule has 4 nitrogen and oxygen atoms in total. The zero-order valence-electron chi connectivity index (χ0n) is 11.3. The molecule has 0 amide bonds. The number of hydrogen-bond donors (Lipinski definition) is 1. The minimum atomic E-state index is 0.298. The molecule has 100 valence electrons. The smallest absolute Gasteiger partial charge is 0.0685 e. The summed E-state index contributed by atoms with van der Waals surface area (Å²) in [5.41, 5.74) is 0.298. The Balaban J connectivity index is 1.43. The minimum Gasteiger partial charge on any atom is -0.377 e. The highest BCUT2D eigenvalue weighted by Gasteiger charge is 2.58. The van der Waals surface area contributed by atoms with Crippen LogP contribution in [-0.2, 0) is 11.3 Å². The van der Waals surface area contributed by atoms with Crippen LogP contribution in [0.4, 0.5) is 0 Å². The average molecular weight is 249 g/mol. The molecule has 2 fully saturated rings. The lowest BCUT2D eigenvalue weighted by molar-refractivity contribution is -0.112. The number of aryl methyl sites for hydroxylation is 1. The summed E-state index contributed by atoms with van der Waals surface area (Å²) >= 11 is 0. The van der Waals surface area contributed by atoms with Crippen LogP contribution >= 0.6 is 0 Å². The second-order valence-corrected chi connectivity index (χ2v) is 6.12. The molecule has 0 bridgehead atoms. The van der Waals surface area contributed by atoms with Gasteiger partial charge < -0.3 is 10.1 Å². The van der Waals surface area contributed by atoms with Crippen LogP contribution in [0.3, 0.4) is 0 Å². The van der Waals surface area contributed by atoms with E-state index in [0.29, 0.717) is 17.6 Å². The lowest BCUT2D eigenvalue weighted by atomic mass is 9.57. The van der Waals surface area contributed by atoms with E-state index in [4.69, 9.17) is 4.74 Å². The van der Waals surface area contributed by atoms with Crippen LogP contribution in [0.2, 0.25) is 0 Å². The Labute approximate surface area is 109 Å². The summed E-state index contributed by atoms with van der Waals surface area (Å²) in [7, 11) is 0. The molecule has 0 aromatic carbocycles. The maximum atomic E-state index is 5.81. The van der Waals surface area contributed by atoms with Crippen molar-refractivity contribution in [3.63, 3.8) is 0 Å². The lowest BCUT2D eigenvalue weighted by Gasteiger charge is -2.55. The van der Waals surface area contributed by atoms with Crippen LogP contribution in [-0.4, -0.2) is 35.1 Å². The SMILES string of the molecule is CC1(C)C(NCCCn2cccn2)C2CCOC21. The van der Waals surface area contributed by atoms with E-state index in [-0.39, 0.29) is 0 Å². The monoisotopic (exact) mass is 249 g/mol. The Hall–Kier alpha value is -0.870. The van der Waals surface area contributed by atoms with Gasteiger partial charge in [0.2, 0.25) is 0 Å². The Bertz CT molecular complexity index is 388. The second kappa shape index (κ2) is 4.67. The molecule has 4 heteroatoms. The van der Waals surface area contributed by atoms with Gasteiger partial charge in [0.25, 0.3) is 0 Å². The topological polar surface area (TPSA) is 39.1 Å². The van der Waals surface area contributed by atoms with Gasteiger partial charge in [-0.25, -0.2) is 0 Å². The molecule has 18 heavy (non-hydrogen) atoms. The molecule has 3 unspecified atom stereocenters. The highest BCUT2D eigenvalue weighted by atomic mass is 16.5. The molecular formula is C14H23N3O. The normalized spacial score (nSPS) is 33.1. The van der Waals surface area contributed by atoms with Gasteiger partial charge in [-0.15, -0.1) is 0 Å². The average Bonchev–Trinajstić information content (AvgIpc) is 2.97. The van der Waals surface area contributed by atoms with E-state index in [9.17, 15) is 0 Å². The van der Waals surface area contributed by atoms with Gasteiger partial charge in [0.1, 0.15) is 0 Å². The number of hydrogen-bond acceptors (Lipinski definition) is 3. The van der Waals surface area contributed by atoms with Gasteiger partial charge in [-0.3, -0.25) is 4.68 Å². The summed E-state index contributed by atoms with van der Waals surface area (Å²) in [6, 6.07) is 2.60. The van der Waals surface area contributed by atoms with Crippen molar-refractivity contribution in [2.75, 3.05) is 13.2 Å². The molecule has 0 spiro atoms. The van der Waals surface area contributed by atoms with Gasteiger partial charge in [-0.2, -0.15) is 5.10 Å². The van der Waals surface area contributed by atoms with Gasteiger partial charge in [-0.05, 0) is 25.5 Å². The summed E-state index contributed by atoms with van der Waals surface area (Å²) in [5.74, 6) is 0.740. The van der Waals surface area contributed by atoms with Gasteiger partial charge in [-0.1, -0.05) is 13.8 Å². The third-order valence-electron chi connectivity index (χ3n) is 4.59. The number of ether oxygens (including phenoxy) is 1. The Morgan fingerprint density at radius 3 is 3.17 bits per heavy atom. The molecule has 2 heterocycles. The van der Waals surface area contributed by atoms with E-state index < -0.39 is 0 Å². The van der Waals surface area contributed by atoms with Crippen molar-refractivity contribution in [1.82, 2.24) is 15.1 Å². The largest absolute Gasteiger partial charge is 0.377 e. The van der Waals surface area contributed by atoms with Gasteiger partial charge in [0.15, 0.2) is 0 Å². The van der Waals surface area contributed by atoms with Crippen LogP contribution in [0, 0.1) is 11.3 Å². The predicted molar refractivity (Wildman–Crippen MR) is 70.3 cm³/mol. The van der Waals surface area contributed by atoms with E-state index in [2.05, 4.69) is 24.3 Å². The third kappa shape index (κ3) is 1.97. The first-order chi connectivity index (χ1) is 8.69. The first-order valence-corrected chi connectivity index (χ1v) is 7.02. The van der Waals surface area contributed by atoms with E-state index in [0.717, 1.165) is 32.0 Å². The summed E-state index contributed by atoms with van der Waals surface area (Å²) in [6.45, 7) is 7.66. The van der Waals surface area contributed by atoms with Gasteiger partial charge >= 0.3 is 0 Å². The van der Waals surface area contributed by atoms with Gasteiger partial charge in [0, 0.05) is 42.9 Å². The fraction of sp³-hybridized carbons (Fsp3) is 0.786. The third-order valence-corrected chi connectivity index (χ3v) is 4.59. The van der Waals surface area contributed by atoms with Crippen LogP contribution in [0.15, 0.2) is 18.5 Å². The summed E-state index contributed by atoms with van der Waals surface area (Å²) in [4.78, 5) is 0. The van der Waals surface area contributed by atoms with Crippen molar-refractivity contribution < 1.29 is 4.74 Å². The molecule has 3 atom stereocenters. The van der Waals surface area contributed by atoms with Crippen molar-refractivity contribution in [3.8, 4) is 0 Å². The fourth-order valence-electron chi connectivity index (χ4n) is 3.67. The van der Waals surface area contributed by atoms with Crippen molar-refractivity contribution >= 4 is 0 Å². The molecule has 1 aromatic rings. The molecule has 0 radical (unpaired) electrons. The molecular weight excluding hydrogens is 226 g/mol. The molecule has 1 N–H and O–H groups in total. The molecule has 1 aromatic heterocycles. The summed E-state index contributed by atoms with van der Waals surface area (Å²) in [5, 5.41) is 7.94. The van der Waals surface area contributed by atoms with E-state index in [1.54, 1.807) is 0 Å². The maximum absolute atomic E-state index is 5.81. The summed E-state index contributed by atoms with van der Waals surface area (Å²) in [6.07, 6.45) is 6.70. The van der Waals surface area contributed by atoms with E-state index >= 15 is 0 Å². The van der Waals surface area contributed by atoms with Crippen LogP contribution < -0.4 is 5.32 Å². The minimum absolute atomic E-state index is 0.298. The first kappa shape index (κ1) is 12.2. The van der Waals surface area contributed by atoms with Gasteiger partial charge in [0.05, 0.1) is 6.10 Å². The molecule has 2 aliphatic rings. The zero-order chi connectivity index (χ0) is 12.6. The number of nitrogens with zero attached hydrogens (tertiary/aromatic N) is 2. The highest BCUT2D eigenvalue weighted by molar-refractivity contribution is 5.11. The van der Waals surface area contributed by atoms with Crippen molar-refractivity contribution in [2.45, 2.75) is 45.4 Å². The zero-order valence-corrected chi connectivity index (χ0v) is 11.3. The standard InChI is InChI=1S/C14H23N3O/c1-14(2)12(11-5-10-18-13(11)14)15-6-3-8-17-9-4-7-16-17/h4,7,9,11-13,15H,3,5-6,8,10H2,1-2H3. The van der Waals surface area contributed by atoms with Crippen LogP contribution in [0.25, 0.3) is 0 Å². The van der Waals surface area contributed by atoms with Crippen molar-refractivity contribution in [2.24, 2.45) is 11.3 Å². The first-order valence-electron chi connectivity index (χ1n) is 7.02. The number of nitrogens with one attached hydrogen (secondary N) is 1. The molecule has 1 saturated carbocycles. The van der Waals surface area contributed by atoms with Crippen molar-refractivity contribution in [3.05, 3.63) is 18.5 Å². The number of aromatic nitrogens is 2. The Kier molecular flexibility index (Phi) is 3.16. The van der Waals surface area contributed by atoms with Crippen molar-refractivity contribution in [1.29, 1.82) is 0 Å². The number of rotatable bonds is 5. The second-order valence-electron chi connectivity index (χ2n) is 6.12. The predicted octanol–water partition coefficient (Wildman–Crippen LogP) is 1.68. The van der Waals surface area contributed by atoms with E-state index in [1.165, 1.54) is 6.42 Å². The quantitative estimate of drug-likeness (QED) is 0.807.